The van der Waals surface area contributed by atoms with Crippen LogP contribution in [-0.4, -0.2) is 24.8 Å². The molecule has 2 aromatic carbocycles. The Kier molecular flexibility index (Phi) is 6.02. The largest absolute Gasteiger partial charge is 0.573 e. The van der Waals surface area contributed by atoms with Gasteiger partial charge in [-0.25, -0.2) is 4.79 Å². The van der Waals surface area contributed by atoms with E-state index in [1.807, 2.05) is 0 Å². The minimum atomic E-state index is -4.81. The van der Waals surface area contributed by atoms with Gasteiger partial charge in [0.2, 0.25) is 0 Å². The lowest BCUT2D eigenvalue weighted by atomic mass is 10.2. The number of hydrogen-bond donors (Lipinski definition) is 1. The van der Waals surface area contributed by atoms with Gasteiger partial charge in [-0.3, -0.25) is 4.79 Å². The third-order valence-electron chi connectivity index (χ3n) is 2.81. The number of para-hydroxylation sites is 1. The molecule has 25 heavy (non-hydrogen) atoms. The third kappa shape index (κ3) is 6.11. The van der Waals surface area contributed by atoms with Gasteiger partial charge in [0.05, 0.1) is 11.3 Å². The number of carbonyl (C=O) groups excluding carboxylic acids is 2. The lowest BCUT2D eigenvalue weighted by Gasteiger charge is -2.10. The van der Waals surface area contributed by atoms with E-state index in [1.54, 1.807) is 24.3 Å². The molecule has 0 bridgehead atoms. The summed E-state index contributed by atoms with van der Waals surface area (Å²) in [6, 6.07) is 11.0. The van der Waals surface area contributed by atoms with Crippen molar-refractivity contribution >= 4 is 33.5 Å². The summed E-state index contributed by atoms with van der Waals surface area (Å²) in [6.45, 7) is -0.541. The number of esters is 1. The molecule has 0 fully saturated rings. The molecule has 5 nitrogen and oxygen atoms in total. The predicted octanol–water partition coefficient (Wildman–Crippen LogP) is 4.14. The van der Waals surface area contributed by atoms with Crippen molar-refractivity contribution in [2.75, 3.05) is 11.9 Å². The third-order valence-corrected chi connectivity index (χ3v) is 3.50. The van der Waals surface area contributed by atoms with Crippen molar-refractivity contribution in [1.82, 2.24) is 0 Å². The summed E-state index contributed by atoms with van der Waals surface area (Å²) in [7, 11) is 0. The van der Waals surface area contributed by atoms with Crippen LogP contribution in [0.15, 0.2) is 53.0 Å². The van der Waals surface area contributed by atoms with E-state index in [1.165, 1.54) is 0 Å². The van der Waals surface area contributed by atoms with Gasteiger partial charge < -0.3 is 14.8 Å². The Morgan fingerprint density at radius 2 is 1.68 bits per heavy atom. The van der Waals surface area contributed by atoms with E-state index in [2.05, 4.69) is 26.0 Å². The number of amides is 1. The van der Waals surface area contributed by atoms with E-state index in [-0.39, 0.29) is 5.56 Å². The zero-order valence-corrected chi connectivity index (χ0v) is 14.1. The van der Waals surface area contributed by atoms with Gasteiger partial charge in [-0.1, -0.05) is 12.1 Å². The Labute approximate surface area is 148 Å². The van der Waals surface area contributed by atoms with Crippen molar-refractivity contribution in [1.29, 1.82) is 0 Å². The molecule has 0 aliphatic rings. The van der Waals surface area contributed by atoms with E-state index in [4.69, 9.17) is 4.74 Å². The van der Waals surface area contributed by atoms with Crippen LogP contribution in [-0.2, 0) is 9.53 Å². The first-order valence-electron chi connectivity index (χ1n) is 6.82. The minimum Gasteiger partial charge on any atom is -0.452 e. The van der Waals surface area contributed by atoms with Gasteiger partial charge in [0, 0.05) is 4.47 Å². The summed E-state index contributed by atoms with van der Waals surface area (Å²) < 4.78 is 45.3. The summed E-state index contributed by atoms with van der Waals surface area (Å²) in [4.78, 5) is 23.5. The number of benzene rings is 2. The fraction of sp³-hybridized carbons (Fsp3) is 0.125. The molecular weight excluding hydrogens is 407 g/mol. The molecule has 0 saturated carbocycles. The maximum Gasteiger partial charge on any atom is 0.573 e. The van der Waals surface area contributed by atoms with Crippen LogP contribution < -0.4 is 10.1 Å². The van der Waals surface area contributed by atoms with E-state index >= 15 is 0 Å². The van der Waals surface area contributed by atoms with Gasteiger partial charge in [-0.2, -0.15) is 0 Å². The fourth-order valence-electron chi connectivity index (χ4n) is 1.76. The highest BCUT2D eigenvalue weighted by Gasteiger charge is 2.31. The number of anilines is 1. The second-order valence-electron chi connectivity index (χ2n) is 4.68. The van der Waals surface area contributed by atoms with Gasteiger partial charge in [-0.15, -0.1) is 13.2 Å². The number of hydrogen-bond acceptors (Lipinski definition) is 4. The number of halogens is 4. The highest BCUT2D eigenvalue weighted by Crippen LogP contribution is 2.23. The van der Waals surface area contributed by atoms with Crippen molar-refractivity contribution in [3.63, 3.8) is 0 Å². The van der Waals surface area contributed by atoms with Crippen LogP contribution in [0, 0.1) is 0 Å². The van der Waals surface area contributed by atoms with Gasteiger partial charge in [0.15, 0.2) is 6.61 Å². The highest BCUT2D eigenvalue weighted by molar-refractivity contribution is 9.10. The van der Waals surface area contributed by atoms with Crippen LogP contribution in [0.3, 0.4) is 0 Å². The summed E-state index contributed by atoms with van der Waals surface area (Å²) in [5.41, 5.74) is 0.500. The molecule has 132 valence electrons. The number of nitrogens with one attached hydrogen (secondary N) is 1. The first-order chi connectivity index (χ1) is 11.7. The normalized spacial score (nSPS) is 10.9. The highest BCUT2D eigenvalue weighted by atomic mass is 79.9. The summed E-state index contributed by atoms with van der Waals surface area (Å²) >= 11 is 3.25. The van der Waals surface area contributed by atoms with E-state index in [9.17, 15) is 22.8 Å². The van der Waals surface area contributed by atoms with Crippen molar-refractivity contribution in [2.24, 2.45) is 0 Å². The molecular formula is C16H11BrF3NO4. The van der Waals surface area contributed by atoms with Gasteiger partial charge in [0.25, 0.3) is 5.91 Å². The van der Waals surface area contributed by atoms with Crippen LogP contribution in [0.1, 0.15) is 10.4 Å². The van der Waals surface area contributed by atoms with E-state index in [0.717, 1.165) is 24.3 Å². The molecule has 9 heteroatoms. The number of ether oxygens (including phenoxy) is 2. The van der Waals surface area contributed by atoms with Crippen LogP contribution >= 0.6 is 15.9 Å². The average Bonchev–Trinajstić information content (AvgIpc) is 2.54. The van der Waals surface area contributed by atoms with Gasteiger partial charge in [-0.05, 0) is 52.3 Å². The van der Waals surface area contributed by atoms with Crippen molar-refractivity contribution in [3.05, 3.63) is 58.6 Å². The summed E-state index contributed by atoms with van der Waals surface area (Å²) in [5.74, 6) is -1.87. The minimum absolute atomic E-state index is 0.0109. The Balaban J connectivity index is 1.87. The monoisotopic (exact) mass is 417 g/mol. The van der Waals surface area contributed by atoms with Crippen LogP contribution in [0.25, 0.3) is 0 Å². The molecule has 0 unspecified atom stereocenters. The van der Waals surface area contributed by atoms with Crippen molar-refractivity contribution in [2.45, 2.75) is 6.36 Å². The van der Waals surface area contributed by atoms with Crippen molar-refractivity contribution < 1.29 is 32.2 Å². The first kappa shape index (κ1) is 18.8. The Bertz CT molecular complexity index is 763. The predicted molar refractivity (Wildman–Crippen MR) is 86.2 cm³/mol. The average molecular weight is 418 g/mol. The SMILES string of the molecule is O=C(COC(=O)c1ccc(OC(F)(F)F)cc1)Nc1ccccc1Br. The van der Waals surface area contributed by atoms with Crippen LogP contribution in [0.4, 0.5) is 18.9 Å². The van der Waals surface area contributed by atoms with E-state index in [0.29, 0.717) is 10.2 Å². The molecule has 0 aliphatic carbocycles. The van der Waals surface area contributed by atoms with Gasteiger partial charge >= 0.3 is 12.3 Å². The lowest BCUT2D eigenvalue weighted by Crippen LogP contribution is -2.21. The Morgan fingerprint density at radius 3 is 2.28 bits per heavy atom. The topological polar surface area (TPSA) is 64.6 Å². The first-order valence-corrected chi connectivity index (χ1v) is 7.61. The number of rotatable bonds is 5. The fourth-order valence-corrected chi connectivity index (χ4v) is 2.14. The molecule has 0 aliphatic heterocycles. The van der Waals surface area contributed by atoms with Crippen LogP contribution in [0.2, 0.25) is 0 Å². The Morgan fingerprint density at radius 1 is 1.04 bits per heavy atom. The summed E-state index contributed by atoms with van der Waals surface area (Å²) in [5, 5.41) is 2.54. The Hall–Kier alpha value is -2.55. The van der Waals surface area contributed by atoms with Crippen molar-refractivity contribution in [3.8, 4) is 5.75 Å². The van der Waals surface area contributed by atoms with E-state index < -0.39 is 30.6 Å². The standard InChI is InChI=1S/C16H11BrF3NO4/c17-12-3-1-2-4-13(12)21-14(22)9-24-15(23)10-5-7-11(8-6-10)25-16(18,19)20/h1-8H,9H2,(H,21,22). The molecule has 1 N–H and O–H groups in total. The molecule has 0 spiro atoms. The second kappa shape index (κ2) is 8.02. The molecule has 2 aromatic rings. The zero-order valence-electron chi connectivity index (χ0n) is 12.5. The molecule has 0 atom stereocenters. The van der Waals surface area contributed by atoms with Gasteiger partial charge in [0.1, 0.15) is 5.75 Å². The number of carbonyl (C=O) groups is 2. The molecule has 2 rings (SSSR count). The zero-order chi connectivity index (χ0) is 18.4. The second-order valence-corrected chi connectivity index (χ2v) is 5.53. The van der Waals surface area contributed by atoms with Crippen LogP contribution in [0.5, 0.6) is 5.75 Å². The molecule has 1 amide bonds. The molecule has 0 heterocycles. The summed E-state index contributed by atoms with van der Waals surface area (Å²) in [6.07, 6.45) is -4.81. The molecule has 0 aromatic heterocycles. The quantitative estimate of drug-likeness (QED) is 0.742. The maximum atomic E-state index is 12.1. The maximum absolute atomic E-state index is 12.1. The molecule has 0 saturated heterocycles. The smallest absolute Gasteiger partial charge is 0.452 e. The lowest BCUT2D eigenvalue weighted by molar-refractivity contribution is -0.274. The molecule has 0 radical (unpaired) electrons. The number of alkyl halides is 3.